The quantitative estimate of drug-likeness (QED) is 0.355. The highest BCUT2D eigenvalue weighted by Crippen LogP contribution is 2.35. The van der Waals surface area contributed by atoms with Gasteiger partial charge in [0.05, 0.1) is 29.7 Å². The van der Waals surface area contributed by atoms with Crippen LogP contribution in [0.15, 0.2) is 42.7 Å². The number of methoxy groups -OCH3 is 1. The van der Waals surface area contributed by atoms with Crippen molar-refractivity contribution < 1.29 is 14.6 Å². The van der Waals surface area contributed by atoms with Crippen LogP contribution in [-0.4, -0.2) is 64.6 Å². The van der Waals surface area contributed by atoms with Crippen molar-refractivity contribution in [1.82, 2.24) is 24.7 Å². The zero-order valence-corrected chi connectivity index (χ0v) is 21.0. The smallest absolute Gasteiger partial charge is 0.222 e. The van der Waals surface area contributed by atoms with Gasteiger partial charge in [0, 0.05) is 35.9 Å². The summed E-state index contributed by atoms with van der Waals surface area (Å²) in [6.45, 7) is 6.76. The minimum absolute atomic E-state index is 0.107. The standard InChI is InChI=1S/C24H30B2N6O3/c1-14(2)32-21-19(29-12-16-7-5-9-27-22(16)34-4)11-18(30-20(21)15(3)31-32)17-8-6-10-28-23(17)35-13-24(25,26)33/h5-11,14,33H,12-13,25-26H2,1-4H3,(H,29,30). The number of aryl methyl sites for hydroxylation is 1. The first-order valence-corrected chi connectivity index (χ1v) is 11.6. The molecule has 0 aliphatic carbocycles. The van der Waals surface area contributed by atoms with Crippen molar-refractivity contribution in [1.29, 1.82) is 0 Å². The van der Waals surface area contributed by atoms with E-state index in [4.69, 9.17) is 19.6 Å². The Labute approximate surface area is 206 Å². The van der Waals surface area contributed by atoms with Crippen LogP contribution in [-0.2, 0) is 6.54 Å². The summed E-state index contributed by atoms with van der Waals surface area (Å²) in [5, 5.41) is 17.5. The van der Waals surface area contributed by atoms with Crippen molar-refractivity contribution in [2.75, 3.05) is 19.0 Å². The first-order valence-electron chi connectivity index (χ1n) is 11.6. The van der Waals surface area contributed by atoms with Gasteiger partial charge in [0.2, 0.25) is 11.8 Å². The van der Waals surface area contributed by atoms with Crippen molar-refractivity contribution in [2.45, 2.75) is 38.8 Å². The van der Waals surface area contributed by atoms with Crippen LogP contribution < -0.4 is 14.8 Å². The molecule has 9 nitrogen and oxygen atoms in total. The van der Waals surface area contributed by atoms with Crippen molar-refractivity contribution in [3.63, 3.8) is 0 Å². The molecular weight excluding hydrogens is 442 g/mol. The van der Waals surface area contributed by atoms with Crippen molar-refractivity contribution >= 4 is 32.4 Å². The molecule has 4 aromatic rings. The van der Waals surface area contributed by atoms with E-state index in [1.807, 2.05) is 41.9 Å². The van der Waals surface area contributed by atoms with E-state index in [9.17, 15) is 5.11 Å². The largest absolute Gasteiger partial charge is 0.481 e. The van der Waals surface area contributed by atoms with E-state index in [1.54, 1.807) is 35.2 Å². The highest BCUT2D eigenvalue weighted by atomic mass is 16.5. The minimum atomic E-state index is -0.989. The summed E-state index contributed by atoms with van der Waals surface area (Å²) in [7, 11) is 5.00. The van der Waals surface area contributed by atoms with Gasteiger partial charge in [-0.2, -0.15) is 5.10 Å². The predicted molar refractivity (Wildman–Crippen MR) is 142 cm³/mol. The molecule has 4 rings (SSSR count). The summed E-state index contributed by atoms with van der Waals surface area (Å²) < 4.78 is 13.3. The molecule has 0 spiro atoms. The second kappa shape index (κ2) is 9.95. The maximum atomic E-state index is 10.1. The molecule has 0 aromatic carbocycles. The molecule has 0 fully saturated rings. The maximum absolute atomic E-state index is 10.1. The molecule has 11 heteroatoms. The first-order chi connectivity index (χ1) is 16.7. The fraction of sp³-hybridized carbons (Fsp3) is 0.333. The Hall–Kier alpha value is -3.59. The van der Waals surface area contributed by atoms with E-state index in [0.29, 0.717) is 24.0 Å². The average Bonchev–Trinajstić information content (AvgIpc) is 3.18. The van der Waals surface area contributed by atoms with E-state index in [2.05, 4.69) is 29.1 Å². The van der Waals surface area contributed by atoms with Crippen LogP contribution in [0.5, 0.6) is 11.8 Å². The minimum Gasteiger partial charge on any atom is -0.481 e. The molecule has 180 valence electrons. The second-order valence-electron chi connectivity index (χ2n) is 9.36. The summed E-state index contributed by atoms with van der Waals surface area (Å²) in [6, 6.07) is 9.76. The molecule has 0 unspecified atom stereocenters. The molecule has 4 aromatic heterocycles. The molecule has 0 radical (unpaired) electrons. The Morgan fingerprint density at radius 1 is 1.14 bits per heavy atom. The van der Waals surface area contributed by atoms with Crippen molar-refractivity contribution in [2.24, 2.45) is 0 Å². The van der Waals surface area contributed by atoms with Crippen LogP contribution >= 0.6 is 0 Å². The summed E-state index contributed by atoms with van der Waals surface area (Å²) in [4.78, 5) is 13.7. The van der Waals surface area contributed by atoms with Crippen molar-refractivity contribution in [3.05, 3.63) is 54.0 Å². The van der Waals surface area contributed by atoms with E-state index < -0.39 is 5.40 Å². The summed E-state index contributed by atoms with van der Waals surface area (Å²) >= 11 is 0. The molecule has 0 aliphatic heterocycles. The lowest BCUT2D eigenvalue weighted by molar-refractivity contribution is 0.133. The van der Waals surface area contributed by atoms with E-state index in [1.165, 1.54) is 0 Å². The van der Waals surface area contributed by atoms with Gasteiger partial charge in [-0.25, -0.2) is 15.0 Å². The first kappa shape index (κ1) is 24.5. The Bertz CT molecular complexity index is 1340. The van der Waals surface area contributed by atoms with E-state index in [0.717, 1.165) is 33.5 Å². The van der Waals surface area contributed by atoms with Crippen LogP contribution in [0.3, 0.4) is 0 Å². The number of aromatic nitrogens is 5. The summed E-state index contributed by atoms with van der Waals surface area (Å²) in [5.41, 5.74) is 5.80. The van der Waals surface area contributed by atoms with Gasteiger partial charge in [0.1, 0.15) is 33.3 Å². The van der Waals surface area contributed by atoms with Gasteiger partial charge >= 0.3 is 0 Å². The van der Waals surface area contributed by atoms with Crippen LogP contribution in [0, 0.1) is 6.92 Å². The number of rotatable bonds is 9. The zero-order chi connectivity index (χ0) is 25.2. The zero-order valence-electron chi connectivity index (χ0n) is 21.0. The van der Waals surface area contributed by atoms with E-state index >= 15 is 0 Å². The summed E-state index contributed by atoms with van der Waals surface area (Å²) in [6.07, 6.45) is 3.37. The highest BCUT2D eigenvalue weighted by molar-refractivity contribution is 6.38. The molecule has 0 amide bonds. The van der Waals surface area contributed by atoms with Gasteiger partial charge < -0.3 is 19.9 Å². The number of hydrogen-bond acceptors (Lipinski definition) is 8. The topological polar surface area (TPSA) is 107 Å². The molecule has 2 N–H and O–H groups in total. The Morgan fingerprint density at radius 3 is 2.54 bits per heavy atom. The number of hydrogen-bond donors (Lipinski definition) is 2. The Balaban J connectivity index is 1.82. The number of nitrogens with one attached hydrogen (secondary N) is 1. The van der Waals surface area contributed by atoms with Gasteiger partial charge in [-0.15, -0.1) is 0 Å². The molecule has 0 atom stereocenters. The van der Waals surface area contributed by atoms with Crippen LogP contribution in [0.2, 0.25) is 0 Å². The lowest BCUT2D eigenvalue weighted by Crippen LogP contribution is -2.36. The number of pyridine rings is 3. The number of ether oxygens (including phenoxy) is 2. The van der Waals surface area contributed by atoms with Crippen LogP contribution in [0.4, 0.5) is 5.69 Å². The Kier molecular flexibility index (Phi) is 6.98. The SMILES string of the molecule is BC(B)(O)COc1ncccc1-c1cc(NCc2cccnc2OC)c2c(n1)c(C)nn2C(C)C. The molecule has 35 heavy (non-hydrogen) atoms. The van der Waals surface area contributed by atoms with Gasteiger partial charge in [-0.05, 0) is 45.0 Å². The fourth-order valence-corrected chi connectivity index (χ4v) is 3.81. The fourth-order valence-electron chi connectivity index (χ4n) is 3.81. The van der Waals surface area contributed by atoms with Crippen LogP contribution in [0.25, 0.3) is 22.3 Å². The number of anilines is 1. The molecule has 4 heterocycles. The third-order valence-corrected chi connectivity index (χ3v) is 5.43. The van der Waals surface area contributed by atoms with Crippen molar-refractivity contribution in [3.8, 4) is 23.0 Å². The number of aliphatic hydroxyl groups is 1. The summed E-state index contributed by atoms with van der Waals surface area (Å²) in [5.74, 6) is 0.990. The highest BCUT2D eigenvalue weighted by Gasteiger charge is 2.21. The lowest BCUT2D eigenvalue weighted by atomic mass is 9.66. The third kappa shape index (κ3) is 5.40. The average molecular weight is 472 g/mol. The Morgan fingerprint density at radius 2 is 1.86 bits per heavy atom. The van der Waals surface area contributed by atoms with Gasteiger partial charge in [-0.1, -0.05) is 6.07 Å². The lowest BCUT2D eigenvalue weighted by Gasteiger charge is -2.19. The molecule has 0 saturated heterocycles. The second-order valence-corrected chi connectivity index (χ2v) is 9.36. The molecular formula is C24H30B2N6O3. The number of fused-ring (bicyclic) bond motifs is 1. The predicted octanol–water partition coefficient (Wildman–Crippen LogP) is 1.69. The van der Waals surface area contributed by atoms with E-state index in [-0.39, 0.29) is 12.6 Å². The van der Waals surface area contributed by atoms with Crippen LogP contribution in [0.1, 0.15) is 31.1 Å². The van der Waals surface area contributed by atoms with Gasteiger partial charge in [0.15, 0.2) is 0 Å². The third-order valence-electron chi connectivity index (χ3n) is 5.43. The van der Waals surface area contributed by atoms with Gasteiger partial charge in [0.25, 0.3) is 0 Å². The maximum Gasteiger partial charge on any atom is 0.222 e. The normalized spacial score (nSPS) is 11.7. The molecule has 0 bridgehead atoms. The van der Waals surface area contributed by atoms with Gasteiger partial charge in [-0.3, -0.25) is 4.68 Å². The monoisotopic (exact) mass is 472 g/mol. The molecule has 0 aliphatic rings. The molecule has 0 saturated carbocycles. The number of nitrogens with zero attached hydrogens (tertiary/aromatic N) is 5.